The van der Waals surface area contributed by atoms with E-state index in [0.29, 0.717) is 29.4 Å². The van der Waals surface area contributed by atoms with Crippen molar-refractivity contribution in [2.24, 2.45) is 0 Å². The van der Waals surface area contributed by atoms with Crippen molar-refractivity contribution < 1.29 is 33.3 Å². The highest BCUT2D eigenvalue weighted by atomic mass is 16.7. The van der Waals surface area contributed by atoms with E-state index >= 15 is 0 Å². The maximum atomic E-state index is 13.2. The molecule has 2 N–H and O–H groups in total. The van der Waals surface area contributed by atoms with Crippen LogP contribution in [0.3, 0.4) is 0 Å². The van der Waals surface area contributed by atoms with E-state index in [0.717, 1.165) is 28.2 Å². The van der Waals surface area contributed by atoms with Gasteiger partial charge in [-0.1, -0.05) is 6.07 Å². The van der Waals surface area contributed by atoms with E-state index in [1.54, 1.807) is 25.1 Å². The first kappa shape index (κ1) is 22.8. The Hall–Kier alpha value is -3.95. The molecular formula is C25H27N3O7. The van der Waals surface area contributed by atoms with Crippen molar-refractivity contribution in [2.75, 3.05) is 19.9 Å². The van der Waals surface area contributed by atoms with Gasteiger partial charge in [0.05, 0.1) is 6.61 Å². The van der Waals surface area contributed by atoms with Crippen LogP contribution in [0.2, 0.25) is 0 Å². The number of hydrogen-bond acceptors (Lipinski definition) is 7. The molecule has 5 rings (SSSR count). The van der Waals surface area contributed by atoms with Crippen LogP contribution < -0.4 is 29.6 Å². The van der Waals surface area contributed by atoms with E-state index in [2.05, 4.69) is 10.6 Å². The minimum absolute atomic E-state index is 0.0862. The molecule has 1 fully saturated rings. The maximum Gasteiger partial charge on any atom is 0.325 e. The monoisotopic (exact) mass is 481 g/mol. The minimum Gasteiger partial charge on any atom is -0.494 e. The Morgan fingerprint density at radius 3 is 2.80 bits per heavy atom. The van der Waals surface area contributed by atoms with E-state index in [9.17, 15) is 14.4 Å². The number of imide groups is 1. The summed E-state index contributed by atoms with van der Waals surface area (Å²) in [6.07, 6.45) is 0.888. The van der Waals surface area contributed by atoms with Crippen LogP contribution in [0.25, 0.3) is 0 Å². The number of rotatable bonds is 7. The van der Waals surface area contributed by atoms with Crippen molar-refractivity contribution in [1.82, 2.24) is 15.5 Å². The molecule has 0 bridgehead atoms. The first-order chi connectivity index (χ1) is 16.8. The summed E-state index contributed by atoms with van der Waals surface area (Å²) in [6, 6.07) is 8.22. The van der Waals surface area contributed by atoms with E-state index in [1.165, 1.54) is 0 Å². The Bertz CT molecular complexity index is 1210. The first-order valence-corrected chi connectivity index (χ1v) is 11.5. The molecule has 4 amide bonds. The molecule has 0 spiro atoms. The second-order valence-corrected chi connectivity index (χ2v) is 8.92. The molecule has 3 heterocycles. The molecule has 0 unspecified atom stereocenters. The fourth-order valence-electron chi connectivity index (χ4n) is 4.55. The highest BCUT2D eigenvalue weighted by Gasteiger charge is 2.49. The van der Waals surface area contributed by atoms with Crippen LogP contribution in [0, 0.1) is 0 Å². The summed E-state index contributed by atoms with van der Waals surface area (Å²) in [6.45, 7) is 5.83. The van der Waals surface area contributed by atoms with E-state index < -0.39 is 29.9 Å². The number of amides is 4. The number of fused-ring (bicyclic) bond motifs is 2. The largest absolute Gasteiger partial charge is 0.494 e. The van der Waals surface area contributed by atoms with Gasteiger partial charge in [-0.05, 0) is 50.6 Å². The minimum atomic E-state index is -1.32. The SMILES string of the molecule is CCOc1cc2c(cc1CNC(=O)CN1C(=O)N[C@](C)(c3ccc4c(c3)OCO4)C1=O)O[C@H](C)C2. The van der Waals surface area contributed by atoms with E-state index in [1.807, 2.05) is 26.0 Å². The lowest BCUT2D eigenvalue weighted by Crippen LogP contribution is -2.43. The van der Waals surface area contributed by atoms with Gasteiger partial charge in [-0.3, -0.25) is 14.5 Å². The number of urea groups is 1. The summed E-state index contributed by atoms with van der Waals surface area (Å²) in [4.78, 5) is 39.5. The van der Waals surface area contributed by atoms with Crippen LogP contribution in [0.4, 0.5) is 4.79 Å². The predicted octanol–water partition coefficient (Wildman–Crippen LogP) is 2.22. The molecule has 2 atom stereocenters. The number of carbonyl (C=O) groups excluding carboxylic acids is 3. The summed E-state index contributed by atoms with van der Waals surface area (Å²) in [5.41, 5.74) is 1.04. The Morgan fingerprint density at radius 1 is 1.20 bits per heavy atom. The van der Waals surface area contributed by atoms with Crippen LogP contribution >= 0.6 is 0 Å². The molecule has 0 radical (unpaired) electrons. The second-order valence-electron chi connectivity index (χ2n) is 8.92. The van der Waals surface area contributed by atoms with Crippen molar-refractivity contribution in [2.45, 2.75) is 45.4 Å². The van der Waals surface area contributed by atoms with Crippen molar-refractivity contribution in [3.63, 3.8) is 0 Å². The zero-order chi connectivity index (χ0) is 24.7. The van der Waals surface area contributed by atoms with Gasteiger partial charge >= 0.3 is 6.03 Å². The van der Waals surface area contributed by atoms with Gasteiger partial charge in [-0.25, -0.2) is 4.79 Å². The zero-order valence-corrected chi connectivity index (χ0v) is 19.8. The Balaban J connectivity index is 1.26. The third-order valence-electron chi connectivity index (χ3n) is 6.38. The molecule has 35 heavy (non-hydrogen) atoms. The summed E-state index contributed by atoms with van der Waals surface area (Å²) in [5, 5.41) is 5.48. The topological polar surface area (TPSA) is 115 Å². The predicted molar refractivity (Wildman–Crippen MR) is 123 cm³/mol. The highest BCUT2D eigenvalue weighted by molar-refractivity contribution is 6.09. The molecule has 10 heteroatoms. The number of carbonyl (C=O) groups is 3. The van der Waals surface area contributed by atoms with Gasteiger partial charge in [0.25, 0.3) is 5.91 Å². The Morgan fingerprint density at radius 2 is 2.00 bits per heavy atom. The molecule has 3 aliphatic rings. The molecule has 184 valence electrons. The van der Waals surface area contributed by atoms with Crippen molar-refractivity contribution in [1.29, 1.82) is 0 Å². The fourth-order valence-corrected chi connectivity index (χ4v) is 4.55. The number of nitrogens with one attached hydrogen (secondary N) is 2. The quantitative estimate of drug-likeness (QED) is 0.583. The van der Waals surface area contributed by atoms with Crippen molar-refractivity contribution in [3.05, 3.63) is 47.0 Å². The van der Waals surface area contributed by atoms with Crippen LogP contribution in [0.15, 0.2) is 30.3 Å². The number of benzene rings is 2. The Labute approximate surface area is 202 Å². The third kappa shape index (κ3) is 4.09. The van der Waals surface area contributed by atoms with E-state index in [-0.39, 0.29) is 19.4 Å². The molecule has 2 aromatic carbocycles. The molecule has 10 nitrogen and oxygen atoms in total. The van der Waals surface area contributed by atoms with Gasteiger partial charge in [0, 0.05) is 24.1 Å². The van der Waals surface area contributed by atoms with Crippen molar-refractivity contribution >= 4 is 17.8 Å². The molecular weight excluding hydrogens is 454 g/mol. The van der Waals surface area contributed by atoms with Crippen LogP contribution in [-0.4, -0.2) is 48.8 Å². The Kier molecular flexibility index (Phi) is 5.66. The lowest BCUT2D eigenvalue weighted by atomic mass is 9.91. The maximum absolute atomic E-state index is 13.2. The highest BCUT2D eigenvalue weighted by Crippen LogP contribution is 2.38. The average Bonchev–Trinajstić information content (AvgIpc) is 3.49. The lowest BCUT2D eigenvalue weighted by Gasteiger charge is -2.22. The van der Waals surface area contributed by atoms with E-state index in [4.69, 9.17) is 18.9 Å². The normalized spacial score (nSPS) is 22.0. The lowest BCUT2D eigenvalue weighted by molar-refractivity contribution is -0.134. The summed E-state index contributed by atoms with van der Waals surface area (Å²) >= 11 is 0. The third-order valence-corrected chi connectivity index (χ3v) is 6.38. The standard InChI is InChI=1S/C25H27N3O7/c1-4-32-19-8-15-7-14(2)35-20(15)9-16(19)11-26-22(29)12-28-23(30)25(3,27-24(28)31)17-5-6-18-21(10-17)34-13-33-18/h5-6,8-10,14H,4,7,11-13H2,1-3H3,(H,26,29)(H,27,31)/t14-,25-/m1/s1. The molecule has 3 aliphatic heterocycles. The van der Waals surface area contributed by atoms with Crippen molar-refractivity contribution in [3.8, 4) is 23.0 Å². The fraction of sp³-hybridized carbons (Fsp3) is 0.400. The zero-order valence-electron chi connectivity index (χ0n) is 19.8. The van der Waals surface area contributed by atoms with Gasteiger partial charge in [0.1, 0.15) is 29.7 Å². The van der Waals surface area contributed by atoms with Gasteiger partial charge in [0.15, 0.2) is 11.5 Å². The molecule has 2 aromatic rings. The van der Waals surface area contributed by atoms with Gasteiger partial charge in [-0.15, -0.1) is 0 Å². The molecule has 0 aromatic heterocycles. The number of ether oxygens (including phenoxy) is 4. The number of nitrogens with zero attached hydrogens (tertiary/aromatic N) is 1. The van der Waals surface area contributed by atoms with Gasteiger partial charge in [-0.2, -0.15) is 0 Å². The number of hydrogen-bond donors (Lipinski definition) is 2. The molecule has 1 saturated heterocycles. The van der Waals surface area contributed by atoms with Gasteiger partial charge in [0.2, 0.25) is 12.7 Å². The average molecular weight is 482 g/mol. The van der Waals surface area contributed by atoms with Crippen LogP contribution in [0.5, 0.6) is 23.0 Å². The summed E-state index contributed by atoms with van der Waals surface area (Å²) < 4.78 is 22.3. The molecule has 0 saturated carbocycles. The summed E-state index contributed by atoms with van der Waals surface area (Å²) in [5.74, 6) is 1.53. The smallest absolute Gasteiger partial charge is 0.325 e. The van der Waals surface area contributed by atoms with Crippen LogP contribution in [0.1, 0.15) is 37.5 Å². The van der Waals surface area contributed by atoms with Gasteiger partial charge < -0.3 is 29.6 Å². The first-order valence-electron chi connectivity index (χ1n) is 11.5. The summed E-state index contributed by atoms with van der Waals surface area (Å²) in [7, 11) is 0. The second kappa shape index (κ2) is 8.68. The van der Waals surface area contributed by atoms with Crippen LogP contribution in [-0.2, 0) is 28.1 Å². The molecule has 0 aliphatic carbocycles.